The lowest BCUT2D eigenvalue weighted by molar-refractivity contribution is -0.114. The number of amides is 1. The normalized spacial score (nSPS) is 14.5. The van der Waals surface area contributed by atoms with Crippen LogP contribution in [0.2, 0.25) is 0 Å². The first-order valence-corrected chi connectivity index (χ1v) is 9.33. The maximum absolute atomic E-state index is 14.2. The standard InChI is InChI=1S/C20H22F2N3O2P/c1-11(19(23)26)4-5-12(2)25-17-15-9-7-14(27-3)10-13(15)6-8-16(17)18(24-25)20(21,22)28/h4-5,7,9-10H,6,8,28H2,1-3H3,(H2,23,26)/b11-4+,12-5+. The van der Waals surface area contributed by atoms with E-state index in [2.05, 4.69) is 5.10 Å². The Kier molecular flexibility index (Phi) is 5.39. The fraction of sp³-hybridized carbons (Fsp3) is 0.300. The minimum atomic E-state index is -3.14. The molecule has 1 aliphatic carbocycles. The zero-order valence-corrected chi connectivity index (χ0v) is 17.1. The fourth-order valence-electron chi connectivity index (χ4n) is 3.28. The Balaban J connectivity index is 2.22. The van der Waals surface area contributed by atoms with Crippen LogP contribution in [0, 0.1) is 0 Å². The third-order valence-electron chi connectivity index (χ3n) is 4.81. The Morgan fingerprint density at radius 2 is 2.04 bits per heavy atom. The van der Waals surface area contributed by atoms with E-state index in [0.29, 0.717) is 35.4 Å². The molecule has 3 rings (SSSR count). The van der Waals surface area contributed by atoms with Crippen molar-refractivity contribution in [3.8, 4) is 17.0 Å². The van der Waals surface area contributed by atoms with Gasteiger partial charge in [-0.25, -0.2) is 4.68 Å². The number of rotatable bonds is 5. The van der Waals surface area contributed by atoms with E-state index in [1.807, 2.05) is 12.1 Å². The number of aromatic nitrogens is 2. The summed E-state index contributed by atoms with van der Waals surface area (Å²) in [6.07, 6.45) is 4.29. The second-order valence-electron chi connectivity index (χ2n) is 6.76. The molecule has 2 aromatic rings. The van der Waals surface area contributed by atoms with Gasteiger partial charge in [-0.05, 0) is 56.5 Å². The number of carbonyl (C=O) groups is 1. The SMILES string of the molecule is COc1ccc2c(c1)CCc1c(C(F)(F)P)nn(/C(C)=C/C=C(\C)C(N)=O)c1-2. The first-order valence-electron chi connectivity index (χ1n) is 8.75. The first-order chi connectivity index (χ1) is 13.1. The summed E-state index contributed by atoms with van der Waals surface area (Å²) in [6.45, 7) is 3.34. The molecule has 1 aromatic carbocycles. The van der Waals surface area contributed by atoms with Crippen LogP contribution in [-0.2, 0) is 23.3 Å². The number of hydrogen-bond donors (Lipinski definition) is 1. The summed E-state index contributed by atoms with van der Waals surface area (Å²) in [5.41, 5.74) is 5.85. The molecule has 1 aliphatic rings. The molecule has 0 bridgehead atoms. The molecule has 0 saturated heterocycles. The topological polar surface area (TPSA) is 70.1 Å². The van der Waals surface area contributed by atoms with Crippen molar-refractivity contribution in [3.05, 3.63) is 52.7 Å². The number of methoxy groups -OCH3 is 1. The van der Waals surface area contributed by atoms with Gasteiger partial charge in [-0.2, -0.15) is 13.9 Å². The molecule has 5 nitrogen and oxygen atoms in total. The lowest BCUT2D eigenvalue weighted by Gasteiger charge is -2.20. The Labute approximate surface area is 164 Å². The number of ether oxygens (including phenoxy) is 1. The van der Waals surface area contributed by atoms with Crippen molar-refractivity contribution in [1.29, 1.82) is 0 Å². The van der Waals surface area contributed by atoms with Crippen molar-refractivity contribution in [2.24, 2.45) is 5.73 Å². The van der Waals surface area contributed by atoms with Gasteiger partial charge in [0, 0.05) is 22.4 Å². The number of allylic oxidation sites excluding steroid dienone is 3. The van der Waals surface area contributed by atoms with Crippen molar-refractivity contribution >= 4 is 20.8 Å². The van der Waals surface area contributed by atoms with Crippen LogP contribution in [-0.4, -0.2) is 22.8 Å². The van der Waals surface area contributed by atoms with Crippen molar-refractivity contribution in [2.45, 2.75) is 32.4 Å². The molecule has 148 valence electrons. The van der Waals surface area contributed by atoms with E-state index in [-0.39, 0.29) is 5.69 Å². The molecular formula is C20H22F2N3O2P. The molecule has 1 heterocycles. The summed E-state index contributed by atoms with van der Waals surface area (Å²) in [6, 6.07) is 5.59. The molecule has 1 unspecified atom stereocenters. The summed E-state index contributed by atoms with van der Waals surface area (Å²) in [7, 11) is 3.16. The molecule has 0 fully saturated rings. The van der Waals surface area contributed by atoms with Crippen molar-refractivity contribution in [3.63, 3.8) is 0 Å². The van der Waals surface area contributed by atoms with Gasteiger partial charge in [0.05, 0.1) is 12.8 Å². The molecule has 1 amide bonds. The molecule has 2 N–H and O–H groups in total. The van der Waals surface area contributed by atoms with Crippen molar-refractivity contribution in [1.82, 2.24) is 9.78 Å². The Morgan fingerprint density at radius 1 is 1.32 bits per heavy atom. The monoisotopic (exact) mass is 405 g/mol. The highest BCUT2D eigenvalue weighted by molar-refractivity contribution is 7.17. The van der Waals surface area contributed by atoms with Crippen LogP contribution in [0.3, 0.4) is 0 Å². The van der Waals surface area contributed by atoms with Crippen molar-refractivity contribution in [2.75, 3.05) is 7.11 Å². The summed E-state index contributed by atoms with van der Waals surface area (Å²) in [5.74, 6) is 0.179. The van der Waals surface area contributed by atoms with Gasteiger partial charge in [-0.3, -0.25) is 4.79 Å². The summed E-state index contributed by atoms with van der Waals surface area (Å²) in [5, 5.41) is 4.23. The number of halogens is 2. The zero-order valence-electron chi connectivity index (χ0n) is 15.9. The van der Waals surface area contributed by atoms with E-state index in [0.717, 1.165) is 16.9 Å². The molecular weight excluding hydrogens is 383 g/mol. The summed E-state index contributed by atoms with van der Waals surface area (Å²) < 4.78 is 35.2. The van der Waals surface area contributed by atoms with Gasteiger partial charge in [0.15, 0.2) is 0 Å². The zero-order chi connectivity index (χ0) is 20.6. The number of hydrogen-bond acceptors (Lipinski definition) is 3. The fourth-order valence-corrected chi connectivity index (χ4v) is 3.51. The third-order valence-corrected chi connectivity index (χ3v) is 5.08. The van der Waals surface area contributed by atoms with Crippen LogP contribution in [0.5, 0.6) is 5.75 Å². The van der Waals surface area contributed by atoms with Crippen LogP contribution >= 0.6 is 9.24 Å². The highest BCUT2D eigenvalue weighted by Crippen LogP contribution is 2.44. The Morgan fingerprint density at radius 3 is 2.64 bits per heavy atom. The quantitative estimate of drug-likeness (QED) is 0.466. The van der Waals surface area contributed by atoms with E-state index >= 15 is 0 Å². The van der Waals surface area contributed by atoms with Crippen LogP contribution in [0.1, 0.15) is 30.7 Å². The van der Waals surface area contributed by atoms with E-state index < -0.39 is 11.6 Å². The number of primary amides is 1. The minimum Gasteiger partial charge on any atom is -0.497 e. The van der Waals surface area contributed by atoms with Gasteiger partial charge in [-0.15, -0.1) is 0 Å². The highest BCUT2D eigenvalue weighted by atomic mass is 31.0. The molecule has 0 aliphatic heterocycles. The average molecular weight is 405 g/mol. The van der Waals surface area contributed by atoms with Crippen molar-refractivity contribution < 1.29 is 18.3 Å². The molecule has 1 aromatic heterocycles. The van der Waals surface area contributed by atoms with Gasteiger partial charge >= 0.3 is 5.66 Å². The van der Waals surface area contributed by atoms with E-state index in [1.54, 1.807) is 48.4 Å². The first kappa shape index (κ1) is 20.2. The van der Waals surface area contributed by atoms with Gasteiger partial charge in [0.1, 0.15) is 11.4 Å². The molecule has 0 saturated carbocycles. The molecule has 28 heavy (non-hydrogen) atoms. The number of fused-ring (bicyclic) bond motifs is 3. The highest BCUT2D eigenvalue weighted by Gasteiger charge is 2.36. The number of alkyl halides is 2. The largest absolute Gasteiger partial charge is 0.497 e. The number of nitrogens with zero attached hydrogens (tertiary/aromatic N) is 2. The van der Waals surface area contributed by atoms with Gasteiger partial charge in [-0.1, -0.05) is 15.3 Å². The van der Waals surface area contributed by atoms with Crippen LogP contribution in [0.4, 0.5) is 8.78 Å². The van der Waals surface area contributed by atoms with Crippen LogP contribution < -0.4 is 10.5 Å². The minimum absolute atomic E-state index is 0.252. The maximum Gasteiger partial charge on any atom is 0.302 e. The summed E-state index contributed by atoms with van der Waals surface area (Å²) in [4.78, 5) is 11.2. The number of carbonyl (C=O) groups excluding carboxylic acids is 1. The lowest BCUT2D eigenvalue weighted by Crippen LogP contribution is -2.11. The number of nitrogens with two attached hydrogens (primary N) is 1. The predicted molar refractivity (Wildman–Crippen MR) is 108 cm³/mol. The van der Waals surface area contributed by atoms with Gasteiger partial charge in [0.2, 0.25) is 5.91 Å². The van der Waals surface area contributed by atoms with Gasteiger partial charge in [0.25, 0.3) is 0 Å². The second kappa shape index (κ2) is 7.47. The molecule has 0 radical (unpaired) electrons. The van der Waals surface area contributed by atoms with Crippen LogP contribution in [0.15, 0.2) is 35.9 Å². The average Bonchev–Trinajstić information content (AvgIpc) is 3.05. The molecule has 0 spiro atoms. The van der Waals surface area contributed by atoms with Gasteiger partial charge < -0.3 is 10.5 Å². The molecule has 1 atom stereocenters. The van der Waals surface area contributed by atoms with E-state index in [4.69, 9.17) is 10.5 Å². The van der Waals surface area contributed by atoms with E-state index in [1.165, 1.54) is 4.68 Å². The predicted octanol–water partition coefficient (Wildman–Crippen LogP) is 3.87. The number of aryl methyl sites for hydroxylation is 1. The second-order valence-corrected chi connectivity index (χ2v) is 7.48. The lowest BCUT2D eigenvalue weighted by atomic mass is 9.88. The molecule has 8 heteroatoms. The third kappa shape index (κ3) is 3.72. The number of benzene rings is 1. The Hall–Kier alpha value is -2.53. The Bertz CT molecular complexity index is 1000. The smallest absolute Gasteiger partial charge is 0.302 e. The summed E-state index contributed by atoms with van der Waals surface area (Å²) >= 11 is 0. The van der Waals surface area contributed by atoms with E-state index in [9.17, 15) is 13.6 Å². The van der Waals surface area contributed by atoms with Crippen LogP contribution in [0.25, 0.3) is 17.0 Å². The maximum atomic E-state index is 14.2.